The summed E-state index contributed by atoms with van der Waals surface area (Å²) in [5, 5.41) is 4.35. The van der Waals surface area contributed by atoms with Gasteiger partial charge >= 0.3 is 6.09 Å². The molecule has 5 nitrogen and oxygen atoms in total. The van der Waals surface area contributed by atoms with Gasteiger partial charge in [-0.1, -0.05) is 0 Å². The van der Waals surface area contributed by atoms with Gasteiger partial charge in [-0.2, -0.15) is 5.10 Å². The Morgan fingerprint density at radius 1 is 1.47 bits per heavy atom. The quantitative estimate of drug-likeness (QED) is 0.784. The van der Waals surface area contributed by atoms with Crippen LogP contribution in [0.5, 0.6) is 0 Å². The molecule has 1 saturated heterocycles. The normalized spacial score (nSPS) is 20.4. The molecule has 19 heavy (non-hydrogen) atoms. The van der Waals surface area contributed by atoms with Crippen LogP contribution in [0.1, 0.15) is 45.2 Å². The first kappa shape index (κ1) is 13.9. The van der Waals surface area contributed by atoms with E-state index in [4.69, 9.17) is 4.74 Å². The molecule has 0 N–H and O–H groups in total. The zero-order valence-corrected chi connectivity index (χ0v) is 12.2. The second kappa shape index (κ2) is 5.23. The van der Waals surface area contributed by atoms with Crippen molar-refractivity contribution < 1.29 is 9.53 Å². The van der Waals surface area contributed by atoms with Crippen LogP contribution in [-0.2, 0) is 4.74 Å². The van der Waals surface area contributed by atoms with Crippen LogP contribution in [-0.4, -0.2) is 39.5 Å². The molecule has 1 aliphatic heterocycles. The molecule has 1 unspecified atom stereocenters. The Bertz CT molecular complexity index is 448. The minimum Gasteiger partial charge on any atom is -0.444 e. The molecule has 0 spiro atoms. The Morgan fingerprint density at radius 3 is 2.79 bits per heavy atom. The van der Waals surface area contributed by atoms with Crippen molar-refractivity contribution in [2.24, 2.45) is 0 Å². The van der Waals surface area contributed by atoms with Gasteiger partial charge in [-0.05, 0) is 46.1 Å². The van der Waals surface area contributed by atoms with E-state index in [1.165, 1.54) is 0 Å². The number of hydrogen-bond acceptors (Lipinski definition) is 3. The summed E-state index contributed by atoms with van der Waals surface area (Å²) in [6.07, 6.45) is 5.71. The Labute approximate surface area is 114 Å². The Hall–Kier alpha value is -1.52. The molecule has 1 fully saturated rings. The fourth-order valence-corrected chi connectivity index (χ4v) is 2.30. The predicted molar refractivity (Wildman–Crippen MR) is 73.0 cm³/mol. The number of likely N-dealkylation sites (tertiary alicyclic amines) is 1. The van der Waals surface area contributed by atoms with Crippen molar-refractivity contribution in [2.75, 3.05) is 13.1 Å². The smallest absolute Gasteiger partial charge is 0.410 e. The van der Waals surface area contributed by atoms with Gasteiger partial charge in [-0.3, -0.25) is 4.68 Å². The minimum absolute atomic E-state index is 0.221. The van der Waals surface area contributed by atoms with Crippen LogP contribution in [0.15, 0.2) is 12.4 Å². The lowest BCUT2D eigenvalue weighted by Gasteiger charge is -2.34. The Balaban J connectivity index is 1.99. The highest BCUT2D eigenvalue weighted by Crippen LogP contribution is 2.22. The highest BCUT2D eigenvalue weighted by Gasteiger charge is 2.28. The molecule has 0 aromatic carbocycles. The van der Waals surface area contributed by atoms with E-state index in [2.05, 4.69) is 5.10 Å². The van der Waals surface area contributed by atoms with Crippen molar-refractivity contribution >= 4 is 6.09 Å². The standard InChI is InChI=1S/C14H23N3O2/c1-11-8-15-17(9-11)12-6-5-7-16(10-12)13(18)19-14(2,3)4/h8-9,12H,5-7,10H2,1-4H3. The molecule has 2 heterocycles. The number of aromatic nitrogens is 2. The summed E-state index contributed by atoms with van der Waals surface area (Å²) in [5.74, 6) is 0. The number of nitrogens with zero attached hydrogens (tertiary/aromatic N) is 3. The van der Waals surface area contributed by atoms with Gasteiger partial charge in [0.05, 0.1) is 12.2 Å². The topological polar surface area (TPSA) is 47.4 Å². The highest BCUT2D eigenvalue weighted by molar-refractivity contribution is 5.68. The van der Waals surface area contributed by atoms with E-state index in [0.717, 1.165) is 24.9 Å². The molecule has 1 aromatic heterocycles. The molecule has 1 amide bonds. The summed E-state index contributed by atoms with van der Waals surface area (Å²) < 4.78 is 7.39. The van der Waals surface area contributed by atoms with Crippen LogP contribution in [0, 0.1) is 6.92 Å². The first-order valence-electron chi connectivity index (χ1n) is 6.84. The molecule has 0 saturated carbocycles. The van der Waals surface area contributed by atoms with Crippen LogP contribution in [0.25, 0.3) is 0 Å². The average Bonchev–Trinajstić information content (AvgIpc) is 2.74. The second-order valence-corrected chi connectivity index (χ2v) is 6.22. The summed E-state index contributed by atoms with van der Waals surface area (Å²) in [6, 6.07) is 0.259. The van der Waals surface area contributed by atoms with Crippen molar-refractivity contribution in [1.82, 2.24) is 14.7 Å². The zero-order valence-electron chi connectivity index (χ0n) is 12.2. The number of aryl methyl sites for hydroxylation is 1. The first-order chi connectivity index (χ1) is 8.85. The van der Waals surface area contributed by atoms with E-state index in [1.807, 2.05) is 44.8 Å². The average molecular weight is 265 g/mol. The molecule has 106 valence electrons. The third kappa shape index (κ3) is 3.72. The van der Waals surface area contributed by atoms with Gasteiger partial charge in [-0.15, -0.1) is 0 Å². The van der Waals surface area contributed by atoms with Crippen molar-refractivity contribution in [3.05, 3.63) is 18.0 Å². The van der Waals surface area contributed by atoms with Gasteiger partial charge in [0.2, 0.25) is 0 Å². The summed E-state index contributed by atoms with van der Waals surface area (Å²) >= 11 is 0. The van der Waals surface area contributed by atoms with Crippen molar-refractivity contribution in [3.8, 4) is 0 Å². The van der Waals surface area contributed by atoms with Gasteiger partial charge in [-0.25, -0.2) is 4.79 Å². The fraction of sp³-hybridized carbons (Fsp3) is 0.714. The number of piperidine rings is 1. The first-order valence-corrected chi connectivity index (χ1v) is 6.84. The summed E-state index contributed by atoms with van der Waals surface area (Å²) in [5.41, 5.74) is 0.709. The molecular weight excluding hydrogens is 242 g/mol. The third-order valence-electron chi connectivity index (χ3n) is 3.15. The number of carbonyl (C=O) groups is 1. The van der Waals surface area contributed by atoms with Crippen molar-refractivity contribution in [1.29, 1.82) is 0 Å². The Morgan fingerprint density at radius 2 is 2.21 bits per heavy atom. The highest BCUT2D eigenvalue weighted by atomic mass is 16.6. The predicted octanol–water partition coefficient (Wildman–Crippen LogP) is 2.76. The molecule has 5 heteroatoms. The van der Waals surface area contributed by atoms with Crippen molar-refractivity contribution in [3.63, 3.8) is 0 Å². The number of amides is 1. The number of hydrogen-bond donors (Lipinski definition) is 0. The molecular formula is C14H23N3O2. The van der Waals surface area contributed by atoms with E-state index in [9.17, 15) is 4.79 Å². The maximum Gasteiger partial charge on any atom is 0.410 e. The summed E-state index contributed by atoms with van der Waals surface area (Å²) in [6.45, 7) is 9.15. The van der Waals surface area contributed by atoms with Crippen molar-refractivity contribution in [2.45, 2.75) is 52.2 Å². The monoisotopic (exact) mass is 265 g/mol. The van der Waals surface area contributed by atoms with Gasteiger partial charge < -0.3 is 9.64 Å². The van der Waals surface area contributed by atoms with E-state index >= 15 is 0 Å². The maximum absolute atomic E-state index is 12.1. The lowest BCUT2D eigenvalue weighted by Crippen LogP contribution is -2.43. The van der Waals surface area contributed by atoms with Crippen LogP contribution < -0.4 is 0 Å². The van der Waals surface area contributed by atoms with Gasteiger partial charge in [0.15, 0.2) is 0 Å². The largest absolute Gasteiger partial charge is 0.444 e. The molecule has 1 atom stereocenters. The minimum atomic E-state index is -0.438. The molecule has 1 aromatic rings. The maximum atomic E-state index is 12.1. The van der Waals surface area contributed by atoms with Crippen LogP contribution >= 0.6 is 0 Å². The number of rotatable bonds is 1. The fourth-order valence-electron chi connectivity index (χ4n) is 2.30. The zero-order chi connectivity index (χ0) is 14.0. The van der Waals surface area contributed by atoms with Gasteiger partial charge in [0.25, 0.3) is 0 Å². The number of carbonyl (C=O) groups excluding carboxylic acids is 1. The van der Waals surface area contributed by atoms with E-state index < -0.39 is 5.60 Å². The number of ether oxygens (including phenoxy) is 1. The molecule has 2 rings (SSSR count). The molecule has 0 bridgehead atoms. The lowest BCUT2D eigenvalue weighted by molar-refractivity contribution is 0.0167. The van der Waals surface area contributed by atoms with Gasteiger partial charge in [0.1, 0.15) is 5.60 Å². The molecule has 0 radical (unpaired) electrons. The van der Waals surface area contributed by atoms with E-state index in [-0.39, 0.29) is 12.1 Å². The third-order valence-corrected chi connectivity index (χ3v) is 3.15. The van der Waals surface area contributed by atoms with Crippen LogP contribution in [0.4, 0.5) is 4.79 Å². The molecule has 1 aliphatic rings. The molecule has 0 aliphatic carbocycles. The van der Waals surface area contributed by atoms with Crippen LogP contribution in [0.3, 0.4) is 0 Å². The summed E-state index contributed by atoms with van der Waals surface area (Å²) in [4.78, 5) is 13.9. The van der Waals surface area contributed by atoms with E-state index in [1.54, 1.807) is 4.90 Å². The Kier molecular flexibility index (Phi) is 3.83. The lowest BCUT2D eigenvalue weighted by atomic mass is 10.1. The summed E-state index contributed by atoms with van der Waals surface area (Å²) in [7, 11) is 0. The van der Waals surface area contributed by atoms with E-state index in [0.29, 0.717) is 6.54 Å². The SMILES string of the molecule is Cc1cnn(C2CCCN(C(=O)OC(C)(C)C)C2)c1. The second-order valence-electron chi connectivity index (χ2n) is 6.22. The van der Waals surface area contributed by atoms with Gasteiger partial charge in [0, 0.05) is 19.3 Å². The van der Waals surface area contributed by atoms with Crippen LogP contribution in [0.2, 0.25) is 0 Å².